The molecule has 1 aliphatic rings. The molecule has 20 heavy (non-hydrogen) atoms. The van der Waals surface area contributed by atoms with Crippen molar-refractivity contribution in [3.05, 3.63) is 29.6 Å². The number of likely N-dealkylation sites (tertiary alicyclic amines) is 1. The molecular formula is C17H29N3. The van der Waals surface area contributed by atoms with E-state index < -0.39 is 0 Å². The Kier molecular flexibility index (Phi) is 5.17. The van der Waals surface area contributed by atoms with Crippen molar-refractivity contribution in [1.82, 2.24) is 15.2 Å². The average Bonchev–Trinajstić information content (AvgIpc) is 2.95. The van der Waals surface area contributed by atoms with Gasteiger partial charge in [0, 0.05) is 17.9 Å². The molecule has 2 heterocycles. The molecule has 1 unspecified atom stereocenters. The van der Waals surface area contributed by atoms with Gasteiger partial charge in [0.1, 0.15) is 0 Å². The highest BCUT2D eigenvalue weighted by Crippen LogP contribution is 2.34. The van der Waals surface area contributed by atoms with Gasteiger partial charge in [-0.25, -0.2) is 0 Å². The van der Waals surface area contributed by atoms with E-state index >= 15 is 0 Å². The molecule has 0 aromatic carbocycles. The van der Waals surface area contributed by atoms with Crippen molar-refractivity contribution in [3.63, 3.8) is 0 Å². The standard InChI is InChI=1S/C17H29N3/c1-5-9-19-16(15-13-18-10-8-14(15)2)17(3,4)20-11-6-7-12-20/h8,10,13,16,19H,5-7,9,11-12H2,1-4H3. The van der Waals surface area contributed by atoms with Crippen LogP contribution in [0.5, 0.6) is 0 Å². The van der Waals surface area contributed by atoms with Crippen LogP contribution in [0.4, 0.5) is 0 Å². The molecule has 0 amide bonds. The van der Waals surface area contributed by atoms with E-state index in [1.54, 1.807) is 0 Å². The Balaban J connectivity index is 2.29. The maximum absolute atomic E-state index is 4.36. The summed E-state index contributed by atoms with van der Waals surface area (Å²) in [7, 11) is 0. The molecule has 0 bridgehead atoms. The average molecular weight is 275 g/mol. The molecule has 1 aliphatic heterocycles. The van der Waals surface area contributed by atoms with Gasteiger partial charge in [-0.15, -0.1) is 0 Å². The topological polar surface area (TPSA) is 28.2 Å². The number of nitrogens with one attached hydrogen (secondary N) is 1. The zero-order valence-electron chi connectivity index (χ0n) is 13.4. The summed E-state index contributed by atoms with van der Waals surface area (Å²) in [5.41, 5.74) is 2.80. The normalized spacial score (nSPS) is 18.4. The molecular weight excluding hydrogens is 246 g/mol. The lowest BCUT2D eigenvalue weighted by atomic mass is 9.86. The van der Waals surface area contributed by atoms with Gasteiger partial charge in [0.05, 0.1) is 6.04 Å². The third-order valence-corrected chi connectivity index (χ3v) is 4.62. The van der Waals surface area contributed by atoms with Crippen LogP contribution in [-0.2, 0) is 0 Å². The third-order valence-electron chi connectivity index (χ3n) is 4.62. The van der Waals surface area contributed by atoms with E-state index in [2.05, 4.69) is 49.0 Å². The fourth-order valence-electron chi connectivity index (χ4n) is 3.28. The summed E-state index contributed by atoms with van der Waals surface area (Å²) in [6, 6.07) is 2.46. The summed E-state index contributed by atoms with van der Waals surface area (Å²) >= 11 is 0. The number of aryl methyl sites for hydroxylation is 1. The SMILES string of the molecule is CCCNC(c1cnccc1C)C(C)(C)N1CCCC1. The largest absolute Gasteiger partial charge is 0.308 e. The fraction of sp³-hybridized carbons (Fsp3) is 0.706. The van der Waals surface area contributed by atoms with E-state index in [0.29, 0.717) is 6.04 Å². The third kappa shape index (κ3) is 3.21. The molecule has 1 saturated heterocycles. The molecule has 1 N–H and O–H groups in total. The van der Waals surface area contributed by atoms with Crippen molar-refractivity contribution < 1.29 is 0 Å². The first-order valence-corrected chi connectivity index (χ1v) is 7.96. The molecule has 0 saturated carbocycles. The van der Waals surface area contributed by atoms with Crippen LogP contribution in [0.25, 0.3) is 0 Å². The smallest absolute Gasteiger partial charge is 0.0519 e. The van der Waals surface area contributed by atoms with Crippen LogP contribution in [0.15, 0.2) is 18.5 Å². The lowest BCUT2D eigenvalue weighted by molar-refractivity contribution is 0.106. The van der Waals surface area contributed by atoms with Gasteiger partial charge in [-0.2, -0.15) is 0 Å². The van der Waals surface area contributed by atoms with Gasteiger partial charge in [0.2, 0.25) is 0 Å². The van der Waals surface area contributed by atoms with E-state index in [0.717, 1.165) is 13.0 Å². The number of hydrogen-bond donors (Lipinski definition) is 1. The number of pyridine rings is 1. The molecule has 3 heteroatoms. The molecule has 1 aromatic heterocycles. The molecule has 1 atom stereocenters. The molecule has 0 radical (unpaired) electrons. The second kappa shape index (κ2) is 6.68. The van der Waals surface area contributed by atoms with Gasteiger partial charge < -0.3 is 5.32 Å². The predicted octanol–water partition coefficient (Wildman–Crippen LogP) is 3.31. The van der Waals surface area contributed by atoms with Gasteiger partial charge in [-0.05, 0) is 76.9 Å². The second-order valence-electron chi connectivity index (χ2n) is 6.47. The summed E-state index contributed by atoms with van der Waals surface area (Å²) in [6.07, 6.45) is 7.75. The molecule has 3 nitrogen and oxygen atoms in total. The summed E-state index contributed by atoms with van der Waals surface area (Å²) in [5, 5.41) is 3.76. The van der Waals surface area contributed by atoms with Crippen LogP contribution in [0.1, 0.15) is 57.2 Å². The van der Waals surface area contributed by atoms with Crippen molar-refractivity contribution in [2.24, 2.45) is 0 Å². The zero-order chi connectivity index (χ0) is 14.6. The van der Waals surface area contributed by atoms with Gasteiger partial charge in [0.15, 0.2) is 0 Å². The molecule has 2 rings (SSSR count). The first-order chi connectivity index (χ1) is 9.57. The summed E-state index contributed by atoms with van der Waals surface area (Å²) < 4.78 is 0. The summed E-state index contributed by atoms with van der Waals surface area (Å²) in [4.78, 5) is 6.99. The Morgan fingerprint density at radius 3 is 2.65 bits per heavy atom. The van der Waals surface area contributed by atoms with Crippen molar-refractivity contribution in [2.75, 3.05) is 19.6 Å². The molecule has 1 aromatic rings. The summed E-state index contributed by atoms with van der Waals surface area (Å²) in [5.74, 6) is 0. The van der Waals surface area contributed by atoms with Gasteiger partial charge >= 0.3 is 0 Å². The highest BCUT2D eigenvalue weighted by molar-refractivity contribution is 5.28. The highest BCUT2D eigenvalue weighted by Gasteiger charge is 2.37. The second-order valence-corrected chi connectivity index (χ2v) is 6.47. The Bertz CT molecular complexity index is 422. The molecule has 0 spiro atoms. The molecule has 0 aliphatic carbocycles. The van der Waals surface area contributed by atoms with Gasteiger partial charge in [-0.1, -0.05) is 6.92 Å². The van der Waals surface area contributed by atoms with Crippen LogP contribution in [0.3, 0.4) is 0 Å². The van der Waals surface area contributed by atoms with E-state index in [4.69, 9.17) is 0 Å². The highest BCUT2D eigenvalue weighted by atomic mass is 15.2. The van der Waals surface area contributed by atoms with Crippen LogP contribution in [0.2, 0.25) is 0 Å². The monoisotopic (exact) mass is 275 g/mol. The number of aromatic nitrogens is 1. The maximum Gasteiger partial charge on any atom is 0.0519 e. The van der Waals surface area contributed by atoms with Crippen molar-refractivity contribution in [3.8, 4) is 0 Å². The number of nitrogens with zero attached hydrogens (tertiary/aromatic N) is 2. The van der Waals surface area contributed by atoms with E-state index in [1.165, 1.54) is 37.1 Å². The molecule has 1 fully saturated rings. The zero-order valence-corrected chi connectivity index (χ0v) is 13.4. The van der Waals surface area contributed by atoms with E-state index in [9.17, 15) is 0 Å². The Morgan fingerprint density at radius 1 is 1.35 bits per heavy atom. The summed E-state index contributed by atoms with van der Waals surface area (Å²) in [6.45, 7) is 12.7. The van der Waals surface area contributed by atoms with Crippen LogP contribution in [0, 0.1) is 6.92 Å². The predicted molar refractivity (Wildman–Crippen MR) is 84.9 cm³/mol. The van der Waals surface area contributed by atoms with Crippen LogP contribution < -0.4 is 5.32 Å². The van der Waals surface area contributed by atoms with Crippen molar-refractivity contribution in [1.29, 1.82) is 0 Å². The Morgan fingerprint density at radius 2 is 2.05 bits per heavy atom. The minimum atomic E-state index is 0.124. The Labute approximate surface area is 123 Å². The van der Waals surface area contributed by atoms with Crippen molar-refractivity contribution >= 4 is 0 Å². The van der Waals surface area contributed by atoms with Crippen LogP contribution >= 0.6 is 0 Å². The Hall–Kier alpha value is -0.930. The lowest BCUT2D eigenvalue weighted by Gasteiger charge is -2.43. The maximum atomic E-state index is 4.36. The van der Waals surface area contributed by atoms with Crippen molar-refractivity contribution in [2.45, 2.75) is 58.5 Å². The minimum absolute atomic E-state index is 0.124. The number of hydrogen-bond acceptors (Lipinski definition) is 3. The first kappa shape index (κ1) is 15.5. The molecule has 112 valence electrons. The van der Waals surface area contributed by atoms with Gasteiger partial charge in [0.25, 0.3) is 0 Å². The van der Waals surface area contributed by atoms with Gasteiger partial charge in [-0.3, -0.25) is 9.88 Å². The first-order valence-electron chi connectivity index (χ1n) is 7.96. The van der Waals surface area contributed by atoms with E-state index in [1.807, 2.05) is 12.4 Å². The fourth-order valence-corrected chi connectivity index (χ4v) is 3.28. The number of rotatable bonds is 6. The lowest BCUT2D eigenvalue weighted by Crippen LogP contribution is -2.51. The van der Waals surface area contributed by atoms with Crippen LogP contribution in [-0.4, -0.2) is 35.1 Å². The van der Waals surface area contributed by atoms with E-state index in [-0.39, 0.29) is 5.54 Å². The quantitative estimate of drug-likeness (QED) is 0.863. The minimum Gasteiger partial charge on any atom is -0.308 e.